The van der Waals surface area contributed by atoms with Crippen LogP contribution in [0.15, 0.2) is 54.6 Å². The Balaban J connectivity index is 1.66. The molecule has 5 N–H and O–H groups in total. The fraction of sp³-hybridized carbons (Fsp3) is 0.286. The van der Waals surface area contributed by atoms with Crippen LogP contribution in [0.5, 0.6) is 0 Å². The highest BCUT2D eigenvalue weighted by Gasteiger charge is 2.08. The van der Waals surface area contributed by atoms with Crippen LogP contribution < -0.4 is 21.7 Å². The monoisotopic (exact) mass is 382 g/mol. The van der Waals surface area contributed by atoms with Crippen molar-refractivity contribution in [1.82, 2.24) is 10.6 Å². The number of nitrogens with two attached hydrogens (primary N) is 1. The molecule has 0 unspecified atom stereocenters. The molecule has 0 spiro atoms. The summed E-state index contributed by atoms with van der Waals surface area (Å²) in [5.41, 5.74) is 6.81. The number of ketones is 1. The van der Waals surface area contributed by atoms with Crippen LogP contribution in [0.1, 0.15) is 41.6 Å². The molecule has 0 bridgehead atoms. The normalized spacial score (nSPS) is 10.1. The van der Waals surface area contributed by atoms with Gasteiger partial charge in [0.15, 0.2) is 5.78 Å². The van der Waals surface area contributed by atoms with Crippen LogP contribution in [0, 0.1) is 0 Å². The van der Waals surface area contributed by atoms with Crippen LogP contribution in [-0.2, 0) is 0 Å². The predicted molar refractivity (Wildman–Crippen MR) is 109 cm³/mol. The zero-order valence-corrected chi connectivity index (χ0v) is 15.7. The zero-order valence-electron chi connectivity index (χ0n) is 15.7. The summed E-state index contributed by atoms with van der Waals surface area (Å²) in [7, 11) is 0. The molecule has 148 valence electrons. The number of benzene rings is 2. The van der Waals surface area contributed by atoms with Crippen molar-refractivity contribution in [3.63, 3.8) is 0 Å². The van der Waals surface area contributed by atoms with Gasteiger partial charge >= 0.3 is 12.1 Å². The van der Waals surface area contributed by atoms with Gasteiger partial charge in [-0.1, -0.05) is 43.2 Å². The summed E-state index contributed by atoms with van der Waals surface area (Å²) in [4.78, 5) is 34.8. The molecule has 2 aromatic carbocycles. The number of hydrogen-bond acceptors (Lipinski definition) is 3. The zero-order chi connectivity index (χ0) is 20.2. The topological polar surface area (TPSA) is 113 Å². The molecule has 2 aromatic rings. The van der Waals surface area contributed by atoms with Crippen LogP contribution in [0.25, 0.3) is 0 Å². The maximum absolute atomic E-state index is 12.4. The van der Waals surface area contributed by atoms with Crippen LogP contribution >= 0.6 is 0 Å². The molecule has 0 aliphatic heterocycles. The minimum atomic E-state index is -0.504. The Hall–Kier alpha value is -3.35. The average Bonchev–Trinajstić information content (AvgIpc) is 2.70. The van der Waals surface area contributed by atoms with Crippen molar-refractivity contribution in [2.24, 2.45) is 5.73 Å². The molecule has 2 rings (SSSR count). The number of rotatable bonds is 10. The smallest absolute Gasteiger partial charge is 0.319 e. The summed E-state index contributed by atoms with van der Waals surface area (Å²) in [6, 6.07) is 15.1. The Morgan fingerprint density at radius 2 is 1.29 bits per heavy atom. The molecule has 0 atom stereocenters. The lowest BCUT2D eigenvalue weighted by molar-refractivity contribution is 0.103. The molecule has 7 nitrogen and oxygen atoms in total. The second kappa shape index (κ2) is 11.4. The van der Waals surface area contributed by atoms with E-state index in [0.29, 0.717) is 29.9 Å². The molecule has 0 aliphatic carbocycles. The van der Waals surface area contributed by atoms with E-state index in [2.05, 4.69) is 16.0 Å². The molecular formula is C21H26N4O3. The average molecular weight is 382 g/mol. The van der Waals surface area contributed by atoms with Gasteiger partial charge in [0, 0.05) is 29.9 Å². The number of hydrogen-bond donors (Lipinski definition) is 4. The number of carbonyl (C=O) groups is 3. The number of amides is 4. The highest BCUT2D eigenvalue weighted by molar-refractivity contribution is 6.09. The molecule has 0 fully saturated rings. The van der Waals surface area contributed by atoms with E-state index in [-0.39, 0.29) is 11.8 Å². The minimum absolute atomic E-state index is 0.0531. The van der Waals surface area contributed by atoms with E-state index in [1.807, 2.05) is 18.2 Å². The number of urea groups is 2. The van der Waals surface area contributed by atoms with E-state index in [1.165, 1.54) is 0 Å². The number of unbranched alkanes of at least 4 members (excludes halogenated alkanes) is 3. The van der Waals surface area contributed by atoms with Crippen molar-refractivity contribution in [3.05, 3.63) is 65.7 Å². The second-order valence-corrected chi connectivity index (χ2v) is 6.36. The van der Waals surface area contributed by atoms with Crippen LogP contribution in [0.2, 0.25) is 0 Å². The van der Waals surface area contributed by atoms with Crippen molar-refractivity contribution in [1.29, 1.82) is 0 Å². The Morgan fingerprint density at radius 3 is 1.89 bits per heavy atom. The third kappa shape index (κ3) is 7.49. The van der Waals surface area contributed by atoms with Gasteiger partial charge in [0.1, 0.15) is 0 Å². The fourth-order valence-electron chi connectivity index (χ4n) is 2.65. The van der Waals surface area contributed by atoms with Gasteiger partial charge in [0.25, 0.3) is 0 Å². The molecule has 0 radical (unpaired) electrons. The third-order valence-electron chi connectivity index (χ3n) is 4.13. The molecule has 0 aromatic heterocycles. The van der Waals surface area contributed by atoms with Crippen LogP contribution in [0.4, 0.5) is 15.3 Å². The van der Waals surface area contributed by atoms with E-state index in [4.69, 9.17) is 5.73 Å². The summed E-state index contributed by atoms with van der Waals surface area (Å²) in [5, 5.41) is 8.09. The second-order valence-electron chi connectivity index (χ2n) is 6.36. The molecular weight excluding hydrogens is 356 g/mol. The summed E-state index contributed by atoms with van der Waals surface area (Å²) in [6.07, 6.45) is 3.63. The SMILES string of the molecule is NC(=O)NCCCCCCNC(=O)Nc1ccc(C(=O)c2ccccc2)cc1. The standard InChI is InChI=1S/C21H26N4O3/c22-20(27)23-14-6-1-2-7-15-24-21(28)25-18-12-10-17(11-13-18)19(26)16-8-4-3-5-9-16/h3-5,8-13H,1-2,6-7,14-15H2,(H3,22,23,27)(H2,24,25,28). The highest BCUT2D eigenvalue weighted by Crippen LogP contribution is 2.13. The van der Waals surface area contributed by atoms with Gasteiger partial charge in [-0.25, -0.2) is 9.59 Å². The summed E-state index contributed by atoms with van der Waals surface area (Å²) < 4.78 is 0. The van der Waals surface area contributed by atoms with E-state index in [0.717, 1.165) is 25.7 Å². The molecule has 0 saturated carbocycles. The minimum Gasteiger partial charge on any atom is -0.352 e. The third-order valence-corrected chi connectivity index (χ3v) is 4.13. The number of primary amides is 1. The first-order valence-corrected chi connectivity index (χ1v) is 9.34. The van der Waals surface area contributed by atoms with Crippen molar-refractivity contribution in [2.75, 3.05) is 18.4 Å². The summed E-state index contributed by atoms with van der Waals surface area (Å²) in [6.45, 7) is 1.14. The lowest BCUT2D eigenvalue weighted by Gasteiger charge is -2.08. The van der Waals surface area contributed by atoms with Crippen molar-refractivity contribution >= 4 is 23.5 Å². The van der Waals surface area contributed by atoms with Gasteiger partial charge in [0.2, 0.25) is 0 Å². The Labute approximate surface area is 164 Å². The van der Waals surface area contributed by atoms with E-state index >= 15 is 0 Å². The molecule has 0 heterocycles. The lowest BCUT2D eigenvalue weighted by Crippen LogP contribution is -2.30. The summed E-state index contributed by atoms with van der Waals surface area (Å²) >= 11 is 0. The van der Waals surface area contributed by atoms with E-state index in [9.17, 15) is 14.4 Å². The van der Waals surface area contributed by atoms with Crippen LogP contribution in [0.3, 0.4) is 0 Å². The lowest BCUT2D eigenvalue weighted by atomic mass is 10.0. The molecule has 0 aliphatic rings. The number of nitrogens with one attached hydrogen (secondary N) is 3. The molecule has 0 saturated heterocycles. The Kier molecular flexibility index (Phi) is 8.52. The highest BCUT2D eigenvalue weighted by atomic mass is 16.2. The van der Waals surface area contributed by atoms with Crippen molar-refractivity contribution < 1.29 is 14.4 Å². The van der Waals surface area contributed by atoms with E-state index in [1.54, 1.807) is 36.4 Å². The Bertz CT molecular complexity index is 776. The van der Waals surface area contributed by atoms with Gasteiger partial charge in [-0.3, -0.25) is 4.79 Å². The number of anilines is 1. The number of carbonyl (C=O) groups excluding carboxylic acids is 3. The molecule has 28 heavy (non-hydrogen) atoms. The quantitative estimate of drug-likeness (QED) is 0.373. The van der Waals surface area contributed by atoms with E-state index < -0.39 is 6.03 Å². The summed E-state index contributed by atoms with van der Waals surface area (Å²) in [5.74, 6) is -0.0531. The molecule has 7 heteroatoms. The molecule has 4 amide bonds. The first kappa shape index (κ1) is 21.0. The van der Waals surface area contributed by atoms with Gasteiger partial charge in [-0.2, -0.15) is 0 Å². The largest absolute Gasteiger partial charge is 0.352 e. The van der Waals surface area contributed by atoms with Gasteiger partial charge in [0.05, 0.1) is 0 Å². The van der Waals surface area contributed by atoms with Crippen molar-refractivity contribution in [3.8, 4) is 0 Å². The van der Waals surface area contributed by atoms with Crippen LogP contribution in [-0.4, -0.2) is 30.9 Å². The maximum Gasteiger partial charge on any atom is 0.319 e. The first-order chi connectivity index (χ1) is 13.6. The van der Waals surface area contributed by atoms with Gasteiger partial charge in [-0.15, -0.1) is 0 Å². The maximum atomic E-state index is 12.4. The Morgan fingerprint density at radius 1 is 0.714 bits per heavy atom. The first-order valence-electron chi connectivity index (χ1n) is 9.34. The predicted octanol–water partition coefficient (Wildman–Crippen LogP) is 3.27. The van der Waals surface area contributed by atoms with Gasteiger partial charge < -0.3 is 21.7 Å². The van der Waals surface area contributed by atoms with Gasteiger partial charge in [-0.05, 0) is 37.1 Å². The fourth-order valence-corrected chi connectivity index (χ4v) is 2.65. The van der Waals surface area contributed by atoms with Crippen molar-refractivity contribution in [2.45, 2.75) is 25.7 Å².